The third kappa shape index (κ3) is 5.13. The first kappa shape index (κ1) is 17.6. The van der Waals surface area contributed by atoms with Crippen molar-refractivity contribution in [3.63, 3.8) is 0 Å². The van der Waals surface area contributed by atoms with Crippen molar-refractivity contribution in [2.75, 3.05) is 20.3 Å². The van der Waals surface area contributed by atoms with Gasteiger partial charge in [-0.15, -0.1) is 0 Å². The molecule has 0 amide bonds. The van der Waals surface area contributed by atoms with E-state index in [1.807, 2.05) is 0 Å². The number of ether oxygens (including phenoxy) is 2. The lowest BCUT2D eigenvalue weighted by molar-refractivity contribution is 0.0592. The summed E-state index contributed by atoms with van der Waals surface area (Å²) in [6, 6.07) is 5.01. The molecule has 0 aliphatic carbocycles. The van der Waals surface area contributed by atoms with Crippen LogP contribution >= 0.6 is 0 Å². The standard InChI is InChI=1S/C15H25NO4Si/c1-15(2,3)21(5,6)20-11-10-19-13-9-7-8-12(16-13)14(17)18-4/h7-9H,10-11H2,1-6H3. The number of nitrogens with zero attached hydrogens (tertiary/aromatic N) is 1. The predicted octanol–water partition coefficient (Wildman–Crippen LogP) is 3.27. The van der Waals surface area contributed by atoms with Crippen molar-refractivity contribution >= 4 is 14.3 Å². The summed E-state index contributed by atoms with van der Waals surface area (Å²) < 4.78 is 16.2. The van der Waals surface area contributed by atoms with Crippen LogP contribution in [0.3, 0.4) is 0 Å². The molecule has 5 nitrogen and oxygen atoms in total. The molecule has 0 spiro atoms. The van der Waals surface area contributed by atoms with Crippen molar-refractivity contribution in [1.82, 2.24) is 4.98 Å². The summed E-state index contributed by atoms with van der Waals surface area (Å²) in [5, 5.41) is 0.177. The molecule has 0 aromatic carbocycles. The highest BCUT2D eigenvalue weighted by molar-refractivity contribution is 6.74. The Kier molecular flexibility index (Phi) is 5.92. The molecular formula is C15H25NO4Si. The van der Waals surface area contributed by atoms with Crippen LogP contribution in [0.15, 0.2) is 18.2 Å². The van der Waals surface area contributed by atoms with E-state index in [2.05, 4.69) is 43.6 Å². The summed E-state index contributed by atoms with van der Waals surface area (Å²) in [7, 11) is -0.428. The Morgan fingerprint density at radius 2 is 1.90 bits per heavy atom. The fraction of sp³-hybridized carbons (Fsp3) is 0.600. The van der Waals surface area contributed by atoms with Crippen LogP contribution in [-0.2, 0) is 9.16 Å². The van der Waals surface area contributed by atoms with E-state index in [0.29, 0.717) is 19.1 Å². The zero-order chi connectivity index (χ0) is 16.1. The smallest absolute Gasteiger partial charge is 0.356 e. The molecule has 0 atom stereocenters. The van der Waals surface area contributed by atoms with Crippen molar-refractivity contribution in [2.24, 2.45) is 0 Å². The van der Waals surface area contributed by atoms with Gasteiger partial charge in [0.1, 0.15) is 6.61 Å². The SMILES string of the molecule is COC(=O)c1cccc(OCCO[Si](C)(C)C(C)(C)C)n1. The number of aromatic nitrogens is 1. The molecule has 0 bridgehead atoms. The Labute approximate surface area is 127 Å². The lowest BCUT2D eigenvalue weighted by atomic mass is 10.2. The summed E-state index contributed by atoms with van der Waals surface area (Å²) in [6.45, 7) is 11.9. The lowest BCUT2D eigenvalue weighted by Crippen LogP contribution is -2.41. The summed E-state index contributed by atoms with van der Waals surface area (Å²) >= 11 is 0. The van der Waals surface area contributed by atoms with E-state index in [1.54, 1.807) is 18.2 Å². The fourth-order valence-corrected chi connectivity index (χ4v) is 2.40. The normalized spacial score (nSPS) is 12.1. The van der Waals surface area contributed by atoms with Gasteiger partial charge in [0.25, 0.3) is 0 Å². The highest BCUT2D eigenvalue weighted by Gasteiger charge is 2.36. The molecule has 0 saturated heterocycles. The number of hydrogen-bond donors (Lipinski definition) is 0. The van der Waals surface area contributed by atoms with Crippen molar-refractivity contribution < 1.29 is 18.7 Å². The van der Waals surface area contributed by atoms with Crippen molar-refractivity contribution in [1.29, 1.82) is 0 Å². The Morgan fingerprint density at radius 1 is 1.24 bits per heavy atom. The van der Waals surface area contributed by atoms with Gasteiger partial charge in [0.05, 0.1) is 13.7 Å². The van der Waals surface area contributed by atoms with Crippen molar-refractivity contribution in [3.8, 4) is 5.88 Å². The Bertz CT molecular complexity index is 483. The van der Waals surface area contributed by atoms with Gasteiger partial charge in [-0.25, -0.2) is 9.78 Å². The lowest BCUT2D eigenvalue weighted by Gasteiger charge is -2.36. The molecule has 1 aromatic heterocycles. The van der Waals surface area contributed by atoms with Gasteiger partial charge in [0, 0.05) is 6.07 Å². The quantitative estimate of drug-likeness (QED) is 0.458. The van der Waals surface area contributed by atoms with Gasteiger partial charge >= 0.3 is 5.97 Å². The molecule has 21 heavy (non-hydrogen) atoms. The van der Waals surface area contributed by atoms with Crippen molar-refractivity contribution in [3.05, 3.63) is 23.9 Å². The summed E-state index contributed by atoms with van der Waals surface area (Å²) in [4.78, 5) is 15.5. The summed E-state index contributed by atoms with van der Waals surface area (Å²) in [5.41, 5.74) is 0.236. The minimum Gasteiger partial charge on any atom is -0.475 e. The number of pyridine rings is 1. The second kappa shape index (κ2) is 7.04. The van der Waals surface area contributed by atoms with Gasteiger partial charge in [-0.05, 0) is 24.2 Å². The Morgan fingerprint density at radius 3 is 2.48 bits per heavy atom. The first-order valence-corrected chi connectivity index (χ1v) is 9.90. The Balaban J connectivity index is 2.48. The zero-order valence-corrected chi connectivity index (χ0v) is 14.7. The average Bonchev–Trinajstić information content (AvgIpc) is 2.42. The predicted molar refractivity (Wildman–Crippen MR) is 84.2 cm³/mol. The second-order valence-electron chi connectivity index (χ2n) is 6.31. The molecular weight excluding hydrogens is 286 g/mol. The zero-order valence-electron chi connectivity index (χ0n) is 13.7. The number of hydrogen-bond acceptors (Lipinski definition) is 5. The Hall–Kier alpha value is -1.40. The number of carbonyl (C=O) groups is 1. The van der Waals surface area contributed by atoms with Crippen LogP contribution in [0.4, 0.5) is 0 Å². The molecule has 1 aromatic rings. The summed E-state index contributed by atoms with van der Waals surface area (Å²) in [6.07, 6.45) is 0. The molecule has 0 radical (unpaired) electrons. The van der Waals surface area contributed by atoms with Crippen LogP contribution in [0.1, 0.15) is 31.3 Å². The van der Waals surface area contributed by atoms with E-state index in [9.17, 15) is 4.79 Å². The molecule has 118 valence electrons. The monoisotopic (exact) mass is 311 g/mol. The minimum absolute atomic E-state index is 0.177. The fourth-order valence-electron chi connectivity index (χ4n) is 1.37. The number of rotatable bonds is 6. The number of esters is 1. The third-order valence-corrected chi connectivity index (χ3v) is 8.26. The van der Waals surface area contributed by atoms with Gasteiger partial charge in [-0.1, -0.05) is 26.8 Å². The largest absolute Gasteiger partial charge is 0.475 e. The van der Waals surface area contributed by atoms with E-state index < -0.39 is 14.3 Å². The third-order valence-electron chi connectivity index (χ3n) is 3.72. The molecule has 6 heteroatoms. The van der Waals surface area contributed by atoms with E-state index in [-0.39, 0.29) is 10.7 Å². The maximum absolute atomic E-state index is 11.4. The van der Waals surface area contributed by atoms with Crippen molar-refractivity contribution in [2.45, 2.75) is 38.9 Å². The number of methoxy groups -OCH3 is 1. The van der Waals surface area contributed by atoms with Crippen LogP contribution < -0.4 is 4.74 Å². The van der Waals surface area contributed by atoms with Gasteiger partial charge in [-0.2, -0.15) is 0 Å². The average molecular weight is 311 g/mol. The molecule has 0 unspecified atom stereocenters. The van der Waals surface area contributed by atoms with E-state index in [4.69, 9.17) is 9.16 Å². The molecule has 1 rings (SSSR count). The van der Waals surface area contributed by atoms with E-state index >= 15 is 0 Å². The molecule has 0 aliphatic heterocycles. The maximum Gasteiger partial charge on any atom is 0.356 e. The molecule has 0 aliphatic rings. The topological polar surface area (TPSA) is 57.7 Å². The van der Waals surface area contributed by atoms with Gasteiger partial charge in [-0.3, -0.25) is 0 Å². The van der Waals surface area contributed by atoms with Crippen LogP contribution in [-0.4, -0.2) is 39.6 Å². The van der Waals surface area contributed by atoms with Crippen LogP contribution in [0.5, 0.6) is 5.88 Å². The molecule has 0 fully saturated rings. The van der Waals surface area contributed by atoms with E-state index in [0.717, 1.165) is 0 Å². The molecule has 0 saturated carbocycles. The second-order valence-corrected chi connectivity index (χ2v) is 11.1. The van der Waals surface area contributed by atoms with Gasteiger partial charge in [0.2, 0.25) is 5.88 Å². The van der Waals surface area contributed by atoms with Crippen LogP contribution in [0.25, 0.3) is 0 Å². The first-order chi connectivity index (χ1) is 9.67. The highest BCUT2D eigenvalue weighted by Crippen LogP contribution is 2.36. The maximum atomic E-state index is 11.4. The first-order valence-electron chi connectivity index (χ1n) is 6.99. The highest BCUT2D eigenvalue weighted by atomic mass is 28.4. The minimum atomic E-state index is -1.75. The van der Waals surface area contributed by atoms with Crippen LogP contribution in [0, 0.1) is 0 Å². The van der Waals surface area contributed by atoms with Gasteiger partial charge < -0.3 is 13.9 Å². The van der Waals surface area contributed by atoms with Crippen LogP contribution in [0.2, 0.25) is 18.1 Å². The van der Waals surface area contributed by atoms with Gasteiger partial charge in [0.15, 0.2) is 14.0 Å². The number of carbonyl (C=O) groups excluding carboxylic acids is 1. The molecule has 1 heterocycles. The molecule has 0 N–H and O–H groups in total. The van der Waals surface area contributed by atoms with E-state index in [1.165, 1.54) is 7.11 Å². The summed E-state index contributed by atoms with van der Waals surface area (Å²) in [5.74, 6) is -0.0743.